The number of methoxy groups -OCH3 is 1. The number of hydrogen-bond acceptors (Lipinski definition) is 4. The van der Waals surface area contributed by atoms with E-state index in [0.29, 0.717) is 0 Å². The first-order valence-corrected chi connectivity index (χ1v) is 6.63. The maximum Gasteiger partial charge on any atom is 0.416 e. The second-order valence-corrected chi connectivity index (χ2v) is 4.89. The minimum Gasteiger partial charge on any atom is -0.467 e. The second-order valence-electron chi connectivity index (χ2n) is 4.89. The number of hydrogen-bond donors (Lipinski definition) is 1. The predicted molar refractivity (Wildman–Crippen MR) is 74.1 cm³/mol. The maximum absolute atomic E-state index is 12.5. The molecule has 1 rings (SSSR count). The van der Waals surface area contributed by atoms with Crippen LogP contribution in [0.3, 0.4) is 0 Å². The zero-order chi connectivity index (χ0) is 17.6. The van der Waals surface area contributed by atoms with Gasteiger partial charge in [0.05, 0.1) is 18.7 Å². The molecule has 0 unspecified atom stereocenters. The molecule has 0 aliphatic rings. The summed E-state index contributed by atoms with van der Waals surface area (Å²) in [6.45, 7) is 1.58. The molecule has 0 aliphatic carbocycles. The zero-order valence-electron chi connectivity index (χ0n) is 12.5. The molecule has 23 heavy (non-hydrogen) atoms. The molecule has 0 saturated heterocycles. The monoisotopic (exact) mass is 328 g/mol. The van der Waals surface area contributed by atoms with Gasteiger partial charge in [0.2, 0.25) is 0 Å². The Morgan fingerprint density at radius 1 is 1.30 bits per heavy atom. The lowest BCUT2D eigenvalue weighted by atomic mass is 9.98. The normalized spacial score (nSPS) is 13.6. The highest BCUT2D eigenvalue weighted by molar-refractivity contribution is 5.96. The van der Waals surface area contributed by atoms with E-state index in [4.69, 9.17) is 5.26 Å². The molecule has 124 valence electrons. The SMILES string of the molecule is COC(=O)[C@@H](NC(=O)c1ccc(C(F)(F)F)cc1)[C@@H](C)CC#N. The van der Waals surface area contributed by atoms with Crippen molar-refractivity contribution >= 4 is 11.9 Å². The van der Waals surface area contributed by atoms with Gasteiger partial charge in [-0.25, -0.2) is 4.79 Å². The highest BCUT2D eigenvalue weighted by atomic mass is 19.4. The zero-order valence-corrected chi connectivity index (χ0v) is 12.5. The summed E-state index contributed by atoms with van der Waals surface area (Å²) in [5.41, 5.74) is -0.910. The quantitative estimate of drug-likeness (QED) is 0.843. The second kappa shape index (κ2) is 7.63. The fourth-order valence-electron chi connectivity index (χ4n) is 1.86. The number of halogens is 3. The van der Waals surface area contributed by atoms with Crippen molar-refractivity contribution in [1.29, 1.82) is 5.26 Å². The Morgan fingerprint density at radius 3 is 2.30 bits per heavy atom. The molecule has 0 aromatic heterocycles. The molecule has 8 heteroatoms. The molecule has 1 amide bonds. The first kappa shape index (κ1) is 18.5. The fraction of sp³-hybridized carbons (Fsp3) is 0.400. The van der Waals surface area contributed by atoms with Crippen LogP contribution in [0.25, 0.3) is 0 Å². The third-order valence-electron chi connectivity index (χ3n) is 3.20. The summed E-state index contributed by atoms with van der Waals surface area (Å²) in [5.74, 6) is -1.96. The lowest BCUT2D eigenvalue weighted by Crippen LogP contribution is -2.45. The number of rotatable bonds is 5. The van der Waals surface area contributed by atoms with E-state index in [9.17, 15) is 22.8 Å². The maximum atomic E-state index is 12.5. The summed E-state index contributed by atoms with van der Waals surface area (Å²) in [6, 6.07) is 4.41. The van der Waals surface area contributed by atoms with Crippen LogP contribution in [0.2, 0.25) is 0 Å². The van der Waals surface area contributed by atoms with Crippen molar-refractivity contribution in [2.75, 3.05) is 7.11 Å². The fourth-order valence-corrected chi connectivity index (χ4v) is 1.86. The van der Waals surface area contributed by atoms with Gasteiger partial charge in [-0.1, -0.05) is 6.92 Å². The molecular weight excluding hydrogens is 313 g/mol. The first-order chi connectivity index (χ1) is 10.7. The van der Waals surface area contributed by atoms with E-state index in [-0.39, 0.29) is 12.0 Å². The van der Waals surface area contributed by atoms with Crippen molar-refractivity contribution in [3.63, 3.8) is 0 Å². The average Bonchev–Trinajstić information content (AvgIpc) is 2.51. The van der Waals surface area contributed by atoms with E-state index in [1.54, 1.807) is 6.92 Å². The Hall–Kier alpha value is -2.56. The van der Waals surface area contributed by atoms with Gasteiger partial charge in [0, 0.05) is 17.9 Å². The molecule has 1 aromatic carbocycles. The summed E-state index contributed by atoms with van der Waals surface area (Å²) < 4.78 is 42.0. The summed E-state index contributed by atoms with van der Waals surface area (Å²) in [5, 5.41) is 11.1. The third-order valence-corrected chi connectivity index (χ3v) is 3.20. The molecule has 1 aromatic rings. The molecule has 0 aliphatic heterocycles. The summed E-state index contributed by atoms with van der Waals surface area (Å²) in [6.07, 6.45) is -4.49. The van der Waals surface area contributed by atoms with Crippen LogP contribution in [0.1, 0.15) is 29.3 Å². The van der Waals surface area contributed by atoms with Crippen LogP contribution in [0.4, 0.5) is 13.2 Å². The van der Waals surface area contributed by atoms with Crippen LogP contribution in [0.5, 0.6) is 0 Å². The molecule has 0 fully saturated rings. The number of benzene rings is 1. The number of esters is 1. The molecule has 2 atom stereocenters. The molecular formula is C15H15F3N2O3. The molecule has 0 spiro atoms. The highest BCUT2D eigenvalue weighted by Gasteiger charge is 2.31. The Morgan fingerprint density at radius 2 is 1.87 bits per heavy atom. The van der Waals surface area contributed by atoms with Crippen molar-refractivity contribution in [2.45, 2.75) is 25.6 Å². The Labute approximate surface area is 131 Å². The highest BCUT2D eigenvalue weighted by Crippen LogP contribution is 2.29. The number of carbonyl (C=O) groups is 2. The van der Waals surface area contributed by atoms with E-state index >= 15 is 0 Å². The van der Waals surface area contributed by atoms with Crippen molar-refractivity contribution in [2.24, 2.45) is 5.92 Å². The minimum absolute atomic E-state index is 0.00700. The topological polar surface area (TPSA) is 79.2 Å². The van der Waals surface area contributed by atoms with Crippen LogP contribution in [-0.4, -0.2) is 25.0 Å². The largest absolute Gasteiger partial charge is 0.467 e. The molecule has 0 bridgehead atoms. The van der Waals surface area contributed by atoms with Gasteiger partial charge in [-0.2, -0.15) is 18.4 Å². The van der Waals surface area contributed by atoms with Gasteiger partial charge in [-0.15, -0.1) is 0 Å². The van der Waals surface area contributed by atoms with Crippen molar-refractivity contribution in [3.8, 4) is 6.07 Å². The molecule has 5 nitrogen and oxygen atoms in total. The molecule has 0 radical (unpaired) electrons. The van der Waals surface area contributed by atoms with Crippen LogP contribution in [0.15, 0.2) is 24.3 Å². The number of ether oxygens (including phenoxy) is 1. The Kier molecular flexibility index (Phi) is 6.13. The van der Waals surface area contributed by atoms with E-state index in [1.807, 2.05) is 6.07 Å². The minimum atomic E-state index is -4.50. The lowest BCUT2D eigenvalue weighted by Gasteiger charge is -2.21. The molecule has 0 heterocycles. The number of nitrogens with one attached hydrogen (secondary N) is 1. The first-order valence-electron chi connectivity index (χ1n) is 6.63. The van der Waals surface area contributed by atoms with Gasteiger partial charge in [-0.3, -0.25) is 4.79 Å². The predicted octanol–water partition coefficient (Wildman–Crippen LogP) is 2.53. The molecule has 1 N–H and O–H groups in total. The van der Waals surface area contributed by atoms with E-state index < -0.39 is 35.6 Å². The van der Waals surface area contributed by atoms with Gasteiger partial charge in [0.1, 0.15) is 6.04 Å². The Bertz CT molecular complexity index is 606. The van der Waals surface area contributed by atoms with E-state index in [0.717, 1.165) is 31.4 Å². The summed E-state index contributed by atoms with van der Waals surface area (Å²) >= 11 is 0. The number of amides is 1. The van der Waals surface area contributed by atoms with Gasteiger partial charge >= 0.3 is 12.1 Å². The number of nitriles is 1. The van der Waals surface area contributed by atoms with Crippen LogP contribution >= 0.6 is 0 Å². The molecule has 0 saturated carbocycles. The number of carbonyl (C=O) groups excluding carboxylic acids is 2. The number of alkyl halides is 3. The van der Waals surface area contributed by atoms with E-state index in [2.05, 4.69) is 10.1 Å². The average molecular weight is 328 g/mol. The van der Waals surface area contributed by atoms with Crippen molar-refractivity contribution < 1.29 is 27.5 Å². The smallest absolute Gasteiger partial charge is 0.416 e. The van der Waals surface area contributed by atoms with E-state index in [1.165, 1.54) is 0 Å². The third kappa shape index (κ3) is 4.98. The van der Waals surface area contributed by atoms with Gasteiger partial charge in [0.25, 0.3) is 5.91 Å². The van der Waals surface area contributed by atoms with Crippen molar-refractivity contribution in [1.82, 2.24) is 5.32 Å². The standard InChI is InChI=1S/C15H15F3N2O3/c1-9(7-8-19)12(14(22)23-2)20-13(21)10-3-5-11(6-4-10)15(16,17)18/h3-6,9,12H,7H2,1-2H3,(H,20,21)/t9-,12-/m0/s1. The Balaban J connectivity index is 2.90. The van der Waals surface area contributed by atoms with Crippen LogP contribution in [0, 0.1) is 17.2 Å². The summed E-state index contributed by atoms with van der Waals surface area (Å²) in [7, 11) is 1.14. The van der Waals surface area contributed by atoms with Gasteiger partial charge in [-0.05, 0) is 24.3 Å². The lowest BCUT2D eigenvalue weighted by molar-refractivity contribution is -0.144. The van der Waals surface area contributed by atoms with Crippen LogP contribution in [-0.2, 0) is 15.7 Å². The number of nitrogens with zero attached hydrogens (tertiary/aromatic N) is 1. The van der Waals surface area contributed by atoms with Crippen LogP contribution < -0.4 is 5.32 Å². The van der Waals surface area contributed by atoms with Crippen molar-refractivity contribution in [3.05, 3.63) is 35.4 Å². The van der Waals surface area contributed by atoms with Gasteiger partial charge in [0.15, 0.2) is 0 Å². The van der Waals surface area contributed by atoms with Gasteiger partial charge < -0.3 is 10.1 Å². The summed E-state index contributed by atoms with van der Waals surface area (Å²) in [4.78, 5) is 23.7.